The molecule has 0 saturated carbocycles. The number of nitrogen functional groups attached to an aromatic ring is 2. The van der Waals surface area contributed by atoms with Crippen LogP contribution in [0.5, 0.6) is 11.8 Å². The molecule has 4 aliphatic heterocycles. The molecule has 0 atom stereocenters. The van der Waals surface area contributed by atoms with Gasteiger partial charge in [-0.25, -0.2) is 13.8 Å². The molecular formula is C40H42F5N9O3S. The first kappa shape index (κ1) is 39.7. The number of pyridine rings is 1. The number of anilines is 3. The number of likely N-dealkylation sites (N-methyl/N-ethyl adjacent to an activating group) is 1. The molecule has 5 aromatic rings. The number of rotatable bonds is 7. The number of morpholine rings is 1. The average molecular weight is 824 g/mol. The Morgan fingerprint density at radius 2 is 1.76 bits per heavy atom. The molecule has 0 radical (unpaired) electrons. The molecule has 0 aliphatic carbocycles. The lowest BCUT2D eigenvalue weighted by Crippen LogP contribution is -2.43. The summed E-state index contributed by atoms with van der Waals surface area (Å²) >= 11 is 0.693. The number of fused-ring (bicyclic) bond motifs is 2. The highest BCUT2D eigenvalue weighted by Gasteiger charge is 2.46. The summed E-state index contributed by atoms with van der Waals surface area (Å²) in [6, 6.07) is 6.96. The Labute approximate surface area is 335 Å². The Hall–Kier alpha value is -5.09. The third-order valence-electron chi connectivity index (χ3n) is 11.5. The van der Waals surface area contributed by atoms with Gasteiger partial charge in [0.1, 0.15) is 58.6 Å². The standard InChI is InChI=1S/C34H29F5N8O2S.C6H13NO/c35-20-6-5-18(21-19(14-40)30(42)50-28(20)21)22-24(34(37,38)39)27-23-26(25(22)36)44-32(49-16-33-7-2-10-47(33)11-3-8-33)45-31(23)46(12-13-48-27)15-17-4-1-9-43-29(17)41;1-2-7-3-5-8-6-4-7/h1,4-6,9H,2-3,7-8,10-13,15-16,42H2,(H2,41,43);2-6H2,1H3. The fourth-order valence-corrected chi connectivity index (χ4v) is 9.57. The Bertz CT molecular complexity index is 2390. The number of benzene rings is 2. The zero-order chi connectivity index (χ0) is 40.8. The predicted molar refractivity (Wildman–Crippen MR) is 211 cm³/mol. The van der Waals surface area contributed by atoms with Gasteiger partial charge in [-0.1, -0.05) is 19.1 Å². The van der Waals surface area contributed by atoms with Gasteiger partial charge in [0.05, 0.1) is 40.9 Å². The molecule has 2 aromatic carbocycles. The molecule has 4 aliphatic rings. The number of thiophene rings is 1. The Balaban J connectivity index is 0.000000526. The van der Waals surface area contributed by atoms with Gasteiger partial charge in [-0.15, -0.1) is 11.3 Å². The highest BCUT2D eigenvalue weighted by atomic mass is 32.1. The van der Waals surface area contributed by atoms with E-state index in [0.717, 1.165) is 77.2 Å². The summed E-state index contributed by atoms with van der Waals surface area (Å²) in [5.74, 6) is -2.70. The van der Waals surface area contributed by atoms with Gasteiger partial charge in [-0.3, -0.25) is 9.80 Å². The van der Waals surface area contributed by atoms with Crippen LogP contribution in [0.3, 0.4) is 0 Å². The molecule has 0 bridgehead atoms. The molecule has 3 aromatic heterocycles. The largest absolute Gasteiger partial charge is 0.490 e. The van der Waals surface area contributed by atoms with E-state index >= 15 is 22.0 Å². The minimum absolute atomic E-state index is 0.0364. The van der Waals surface area contributed by atoms with E-state index in [0.29, 0.717) is 16.9 Å². The number of aromatic nitrogens is 3. The van der Waals surface area contributed by atoms with Crippen molar-refractivity contribution < 1.29 is 36.2 Å². The van der Waals surface area contributed by atoms with E-state index in [1.54, 1.807) is 17.0 Å². The van der Waals surface area contributed by atoms with Gasteiger partial charge >= 0.3 is 12.2 Å². The van der Waals surface area contributed by atoms with Crippen molar-refractivity contribution in [2.45, 2.75) is 50.9 Å². The summed E-state index contributed by atoms with van der Waals surface area (Å²) in [5.41, 5.74) is 8.95. The average Bonchev–Trinajstić information content (AvgIpc) is 3.87. The third-order valence-corrected chi connectivity index (χ3v) is 12.5. The lowest BCUT2D eigenvalue weighted by Gasteiger charge is -2.31. The SMILES string of the molecule is CCN1CCOCC1.N#Cc1c(N)sc2c(F)ccc(-c3c(C(F)(F)F)c4c5c(nc(OCC67CCCN6CCC7)nc5c3F)N(Cc3cccnc3N)CCO4)c12. The number of nitriles is 1. The molecule has 306 valence electrons. The lowest BCUT2D eigenvalue weighted by atomic mass is 9.91. The number of nitrogens with zero attached hydrogens (tertiary/aromatic N) is 7. The van der Waals surface area contributed by atoms with Crippen molar-refractivity contribution in [3.05, 3.63) is 58.8 Å². The van der Waals surface area contributed by atoms with Crippen LogP contribution < -0.4 is 25.8 Å². The first-order valence-corrected chi connectivity index (χ1v) is 20.1. The Morgan fingerprint density at radius 1 is 1.00 bits per heavy atom. The molecule has 0 spiro atoms. The molecule has 58 heavy (non-hydrogen) atoms. The highest BCUT2D eigenvalue weighted by molar-refractivity contribution is 7.23. The van der Waals surface area contributed by atoms with E-state index in [-0.39, 0.29) is 81.1 Å². The summed E-state index contributed by atoms with van der Waals surface area (Å²) in [7, 11) is 0. The van der Waals surface area contributed by atoms with Crippen molar-refractivity contribution in [2.24, 2.45) is 0 Å². The zero-order valence-corrected chi connectivity index (χ0v) is 32.6. The maximum Gasteiger partial charge on any atom is 0.420 e. The summed E-state index contributed by atoms with van der Waals surface area (Å²) < 4.78 is 95.3. The molecule has 0 unspecified atom stereocenters. The normalized spacial score (nSPS) is 18.1. The molecule has 0 amide bonds. The van der Waals surface area contributed by atoms with E-state index in [1.165, 1.54) is 12.7 Å². The van der Waals surface area contributed by atoms with E-state index in [2.05, 4.69) is 31.7 Å². The number of halogens is 5. The molecule has 3 fully saturated rings. The van der Waals surface area contributed by atoms with E-state index in [9.17, 15) is 5.26 Å². The molecule has 3 saturated heterocycles. The second kappa shape index (κ2) is 15.9. The minimum Gasteiger partial charge on any atom is -0.490 e. The van der Waals surface area contributed by atoms with Gasteiger partial charge in [0.25, 0.3) is 0 Å². The van der Waals surface area contributed by atoms with Crippen LogP contribution in [0, 0.1) is 23.0 Å². The number of hydrogen-bond acceptors (Lipinski definition) is 13. The monoisotopic (exact) mass is 823 g/mol. The van der Waals surface area contributed by atoms with Gasteiger partial charge in [0, 0.05) is 42.3 Å². The summed E-state index contributed by atoms with van der Waals surface area (Å²) in [6.07, 6.45) is 0.124. The molecule has 7 heterocycles. The van der Waals surface area contributed by atoms with Crippen LogP contribution >= 0.6 is 11.3 Å². The maximum absolute atomic E-state index is 17.3. The van der Waals surface area contributed by atoms with Crippen LogP contribution in [0.2, 0.25) is 0 Å². The topological polar surface area (TPSA) is 152 Å². The third kappa shape index (κ3) is 7.18. The summed E-state index contributed by atoms with van der Waals surface area (Å²) in [6.45, 7) is 9.37. The van der Waals surface area contributed by atoms with Crippen molar-refractivity contribution in [1.82, 2.24) is 24.8 Å². The maximum atomic E-state index is 17.3. The van der Waals surface area contributed by atoms with Crippen molar-refractivity contribution in [2.75, 3.05) is 82.1 Å². The number of nitrogens with two attached hydrogens (primary N) is 2. The number of hydrogen-bond donors (Lipinski definition) is 2. The van der Waals surface area contributed by atoms with Gasteiger partial charge in [0.2, 0.25) is 0 Å². The van der Waals surface area contributed by atoms with Crippen LogP contribution in [-0.2, 0) is 17.5 Å². The van der Waals surface area contributed by atoms with Crippen molar-refractivity contribution in [1.29, 1.82) is 5.26 Å². The smallest absolute Gasteiger partial charge is 0.420 e. The van der Waals surface area contributed by atoms with Gasteiger partial charge < -0.3 is 30.6 Å². The molecule has 9 rings (SSSR count). The lowest BCUT2D eigenvalue weighted by molar-refractivity contribution is -0.138. The van der Waals surface area contributed by atoms with Crippen LogP contribution in [0.25, 0.3) is 32.1 Å². The Kier molecular flexibility index (Phi) is 10.9. The van der Waals surface area contributed by atoms with Crippen LogP contribution in [0.1, 0.15) is 49.3 Å². The fraction of sp³-hybridized carbons (Fsp3) is 0.450. The molecule has 12 nitrogen and oxygen atoms in total. The van der Waals surface area contributed by atoms with E-state index in [1.807, 2.05) is 6.07 Å². The molecular weight excluding hydrogens is 782 g/mol. The van der Waals surface area contributed by atoms with E-state index in [4.69, 9.17) is 25.7 Å². The Morgan fingerprint density at radius 3 is 2.43 bits per heavy atom. The second-order valence-electron chi connectivity index (χ2n) is 14.8. The van der Waals surface area contributed by atoms with Crippen molar-refractivity contribution >= 4 is 49.0 Å². The molecule has 18 heteroatoms. The van der Waals surface area contributed by atoms with Crippen molar-refractivity contribution in [3.63, 3.8) is 0 Å². The van der Waals surface area contributed by atoms with Gasteiger partial charge in [0.15, 0.2) is 5.82 Å². The predicted octanol–water partition coefficient (Wildman–Crippen LogP) is 6.98. The summed E-state index contributed by atoms with van der Waals surface area (Å²) in [5, 5.41) is 9.24. The van der Waals surface area contributed by atoms with Gasteiger partial charge in [-0.05, 0) is 63.0 Å². The number of alkyl halides is 3. The van der Waals surface area contributed by atoms with Crippen LogP contribution in [0.15, 0.2) is 30.5 Å². The van der Waals surface area contributed by atoms with Crippen LogP contribution in [-0.4, -0.2) is 96.0 Å². The van der Waals surface area contributed by atoms with E-state index < -0.39 is 40.2 Å². The van der Waals surface area contributed by atoms with Crippen LogP contribution in [0.4, 0.5) is 38.6 Å². The highest BCUT2D eigenvalue weighted by Crippen LogP contribution is 2.53. The first-order valence-electron chi connectivity index (χ1n) is 19.2. The zero-order valence-electron chi connectivity index (χ0n) is 31.8. The van der Waals surface area contributed by atoms with Gasteiger partial charge in [-0.2, -0.15) is 28.4 Å². The quantitative estimate of drug-likeness (QED) is 0.163. The van der Waals surface area contributed by atoms with Crippen molar-refractivity contribution in [3.8, 4) is 29.0 Å². The summed E-state index contributed by atoms with van der Waals surface area (Å²) in [4.78, 5) is 19.5. The first-order chi connectivity index (χ1) is 27.9. The molecule has 4 N–H and O–H groups in total. The second-order valence-corrected chi connectivity index (χ2v) is 15.8. The minimum atomic E-state index is -5.18. The number of ether oxygens (including phenoxy) is 3. The fourth-order valence-electron chi connectivity index (χ4n) is 8.62.